The van der Waals surface area contributed by atoms with E-state index in [4.69, 9.17) is 14.2 Å². The highest BCUT2D eigenvalue weighted by Crippen LogP contribution is 2.41. The molecule has 26 heavy (non-hydrogen) atoms. The molecule has 1 aliphatic heterocycles. The third kappa shape index (κ3) is 4.10. The molecule has 2 atom stereocenters. The average molecular weight is 360 g/mol. The van der Waals surface area contributed by atoms with Crippen LogP contribution in [0.3, 0.4) is 0 Å². The second-order valence-corrected chi connectivity index (χ2v) is 7.64. The largest absolute Gasteiger partial charge is 0.508 e. The van der Waals surface area contributed by atoms with Crippen LogP contribution in [0.5, 0.6) is 5.75 Å². The number of ether oxygens (including phenoxy) is 3. The number of esters is 1. The molecule has 142 valence electrons. The molecule has 1 saturated heterocycles. The van der Waals surface area contributed by atoms with Crippen molar-refractivity contribution in [3.05, 3.63) is 42.0 Å². The zero-order chi connectivity index (χ0) is 18.8. The highest BCUT2D eigenvalue weighted by atomic mass is 16.7. The van der Waals surface area contributed by atoms with Gasteiger partial charge in [0.15, 0.2) is 5.79 Å². The third-order valence-electron chi connectivity index (χ3n) is 5.42. The van der Waals surface area contributed by atoms with E-state index >= 15 is 0 Å². The van der Waals surface area contributed by atoms with Gasteiger partial charge in [-0.2, -0.15) is 0 Å². The van der Waals surface area contributed by atoms with E-state index in [0.29, 0.717) is 12.2 Å². The summed E-state index contributed by atoms with van der Waals surface area (Å²) in [6, 6.07) is 6.88. The van der Waals surface area contributed by atoms with Gasteiger partial charge in [-0.1, -0.05) is 6.58 Å². The van der Waals surface area contributed by atoms with Gasteiger partial charge in [-0.3, -0.25) is 0 Å². The van der Waals surface area contributed by atoms with Crippen LogP contribution in [0.1, 0.15) is 57.9 Å². The van der Waals surface area contributed by atoms with Crippen molar-refractivity contribution < 1.29 is 24.1 Å². The smallest absolute Gasteiger partial charge is 0.333 e. The number of rotatable bonds is 6. The molecule has 1 aromatic carbocycles. The molecule has 0 amide bonds. The Kier molecular flexibility index (Phi) is 5.39. The van der Waals surface area contributed by atoms with Crippen LogP contribution < -0.4 is 0 Å². The van der Waals surface area contributed by atoms with Gasteiger partial charge in [-0.15, -0.1) is 0 Å². The first-order chi connectivity index (χ1) is 12.3. The Morgan fingerprint density at radius 3 is 2.58 bits per heavy atom. The molecule has 0 spiro atoms. The molecule has 3 rings (SSSR count). The van der Waals surface area contributed by atoms with Crippen molar-refractivity contribution in [2.75, 3.05) is 6.61 Å². The Hall–Kier alpha value is -1.85. The fourth-order valence-corrected chi connectivity index (χ4v) is 3.83. The van der Waals surface area contributed by atoms with Gasteiger partial charge in [-0.05, 0) is 76.6 Å². The topological polar surface area (TPSA) is 65.0 Å². The molecule has 1 aliphatic carbocycles. The summed E-state index contributed by atoms with van der Waals surface area (Å²) in [7, 11) is 0. The number of carbonyl (C=O) groups excluding carboxylic acids is 1. The molecule has 1 aromatic rings. The van der Waals surface area contributed by atoms with Crippen LogP contribution in [0.4, 0.5) is 0 Å². The molecule has 1 saturated carbocycles. The van der Waals surface area contributed by atoms with Gasteiger partial charge in [-0.25, -0.2) is 4.79 Å². The zero-order valence-corrected chi connectivity index (χ0v) is 15.6. The average Bonchev–Trinajstić information content (AvgIpc) is 3.21. The third-order valence-corrected chi connectivity index (χ3v) is 5.42. The summed E-state index contributed by atoms with van der Waals surface area (Å²) in [5.74, 6) is -0.894. The summed E-state index contributed by atoms with van der Waals surface area (Å²) < 4.78 is 17.9. The Morgan fingerprint density at radius 1 is 1.31 bits per heavy atom. The first kappa shape index (κ1) is 18.9. The van der Waals surface area contributed by atoms with Crippen LogP contribution in [-0.4, -0.2) is 29.4 Å². The van der Waals surface area contributed by atoms with Gasteiger partial charge in [0.25, 0.3) is 0 Å². The van der Waals surface area contributed by atoms with Crippen molar-refractivity contribution in [3.63, 3.8) is 0 Å². The van der Waals surface area contributed by atoms with E-state index in [2.05, 4.69) is 6.58 Å². The summed E-state index contributed by atoms with van der Waals surface area (Å²) in [5, 5.41) is 9.45. The van der Waals surface area contributed by atoms with E-state index < -0.39 is 11.4 Å². The Bertz CT molecular complexity index is 659. The van der Waals surface area contributed by atoms with E-state index in [0.717, 1.165) is 44.1 Å². The maximum Gasteiger partial charge on any atom is 0.333 e. The normalized spacial score (nSPS) is 27.4. The van der Waals surface area contributed by atoms with Crippen LogP contribution in [-0.2, 0) is 24.8 Å². The molecule has 5 nitrogen and oxygen atoms in total. The molecule has 0 bridgehead atoms. The number of benzene rings is 1. The molecule has 5 heteroatoms. The Labute approximate surface area is 155 Å². The predicted octanol–water partition coefficient (Wildman–Crippen LogP) is 4.19. The van der Waals surface area contributed by atoms with Crippen LogP contribution in [0.2, 0.25) is 0 Å². The number of phenolic OH excluding ortho intramolecular Hbond substituents is 1. The van der Waals surface area contributed by atoms with E-state index in [9.17, 15) is 9.90 Å². The lowest BCUT2D eigenvalue weighted by Crippen LogP contribution is -2.34. The minimum atomic E-state index is -0.810. The Balaban J connectivity index is 1.60. The molecule has 1 heterocycles. The second kappa shape index (κ2) is 7.41. The number of hydrogen-bond donors (Lipinski definition) is 1. The minimum Gasteiger partial charge on any atom is -0.508 e. The van der Waals surface area contributed by atoms with Crippen molar-refractivity contribution in [3.8, 4) is 5.75 Å². The van der Waals surface area contributed by atoms with Crippen LogP contribution in [0.15, 0.2) is 36.4 Å². The van der Waals surface area contributed by atoms with Crippen LogP contribution in [0, 0.1) is 0 Å². The number of carbonyl (C=O) groups is 1. The number of aromatic hydroxyl groups is 1. The second-order valence-electron chi connectivity index (χ2n) is 7.64. The highest BCUT2D eigenvalue weighted by molar-refractivity contribution is 5.87. The van der Waals surface area contributed by atoms with E-state index in [-0.39, 0.29) is 17.8 Å². The lowest BCUT2D eigenvalue weighted by molar-refractivity contribution is -0.167. The monoisotopic (exact) mass is 360 g/mol. The lowest BCUT2D eigenvalue weighted by atomic mass is 9.93. The van der Waals surface area contributed by atoms with Gasteiger partial charge in [0.1, 0.15) is 11.4 Å². The first-order valence-electron chi connectivity index (χ1n) is 9.32. The molecule has 0 aromatic heterocycles. The summed E-state index contributed by atoms with van der Waals surface area (Å²) in [6.07, 6.45) is 5.45. The summed E-state index contributed by atoms with van der Waals surface area (Å²) in [5.41, 5.74) is 0.926. The fourth-order valence-electron chi connectivity index (χ4n) is 3.83. The number of hydrogen-bond acceptors (Lipinski definition) is 5. The van der Waals surface area contributed by atoms with Gasteiger partial charge < -0.3 is 19.3 Å². The molecule has 0 radical (unpaired) electrons. The zero-order valence-electron chi connectivity index (χ0n) is 15.6. The van der Waals surface area contributed by atoms with Crippen molar-refractivity contribution in [1.82, 2.24) is 0 Å². The maximum atomic E-state index is 12.0. The highest BCUT2D eigenvalue weighted by Gasteiger charge is 2.42. The van der Waals surface area contributed by atoms with Gasteiger partial charge in [0, 0.05) is 11.1 Å². The van der Waals surface area contributed by atoms with Crippen molar-refractivity contribution >= 4 is 5.97 Å². The summed E-state index contributed by atoms with van der Waals surface area (Å²) >= 11 is 0. The maximum absolute atomic E-state index is 12.0. The summed E-state index contributed by atoms with van der Waals surface area (Å²) in [4.78, 5) is 12.0. The quantitative estimate of drug-likeness (QED) is 0.609. The molecule has 1 N–H and O–H groups in total. The fraction of sp³-hybridized carbons (Fsp3) is 0.571. The molecule has 2 fully saturated rings. The minimum absolute atomic E-state index is 0.0465. The molecular weight excluding hydrogens is 332 g/mol. The lowest BCUT2D eigenvalue weighted by Gasteiger charge is -2.30. The van der Waals surface area contributed by atoms with Crippen LogP contribution in [0.25, 0.3) is 0 Å². The van der Waals surface area contributed by atoms with Crippen LogP contribution >= 0.6 is 0 Å². The van der Waals surface area contributed by atoms with Gasteiger partial charge in [0.2, 0.25) is 0 Å². The number of phenols is 1. The Morgan fingerprint density at radius 2 is 1.96 bits per heavy atom. The van der Waals surface area contributed by atoms with Gasteiger partial charge >= 0.3 is 5.97 Å². The summed E-state index contributed by atoms with van der Waals surface area (Å²) in [6.45, 7) is 7.77. The SMILES string of the molecule is C=C(C)C(=O)OC1(CCC2COC(C)(c3ccc(O)cc3)O2)CCCC1. The van der Waals surface area contributed by atoms with Crippen molar-refractivity contribution in [2.45, 2.75) is 69.9 Å². The van der Waals surface area contributed by atoms with Crippen molar-refractivity contribution in [1.29, 1.82) is 0 Å². The van der Waals surface area contributed by atoms with Gasteiger partial charge in [0.05, 0.1) is 12.7 Å². The molecule has 2 unspecified atom stereocenters. The van der Waals surface area contributed by atoms with E-state index in [1.54, 1.807) is 19.1 Å². The van der Waals surface area contributed by atoms with E-state index in [1.165, 1.54) is 0 Å². The molecular formula is C21H28O5. The molecule has 2 aliphatic rings. The van der Waals surface area contributed by atoms with E-state index in [1.807, 2.05) is 19.1 Å². The van der Waals surface area contributed by atoms with Crippen molar-refractivity contribution in [2.24, 2.45) is 0 Å². The standard InChI is InChI=1S/C21H28O5/c1-15(2)19(23)26-21(11-4-5-12-21)13-10-18-14-24-20(3,25-18)16-6-8-17(22)9-7-16/h6-9,18,22H,1,4-5,10-14H2,2-3H3. The predicted molar refractivity (Wildman–Crippen MR) is 97.6 cm³/mol. The first-order valence-corrected chi connectivity index (χ1v) is 9.32.